The topological polar surface area (TPSA) is 75.6 Å². The van der Waals surface area contributed by atoms with Crippen molar-refractivity contribution in [2.24, 2.45) is 0 Å². The smallest absolute Gasteiger partial charge is 0.351 e. The summed E-state index contributed by atoms with van der Waals surface area (Å²) >= 11 is 5.74. The van der Waals surface area contributed by atoms with Gasteiger partial charge in [-0.15, -0.1) is 0 Å². The minimum absolute atomic E-state index is 0.141. The lowest BCUT2D eigenvalue weighted by Crippen LogP contribution is -2.26. The molecule has 6 heteroatoms. The van der Waals surface area contributed by atoms with Gasteiger partial charge in [0, 0.05) is 5.02 Å². The number of hydrogen-bond donors (Lipinski definition) is 2. The maximum Gasteiger partial charge on any atom is 0.351 e. The van der Waals surface area contributed by atoms with Gasteiger partial charge in [0.2, 0.25) is 0 Å². The quantitative estimate of drug-likeness (QED) is 0.803. The summed E-state index contributed by atoms with van der Waals surface area (Å²) in [6.07, 6.45) is 0. The summed E-state index contributed by atoms with van der Waals surface area (Å²) in [5.74, 6) is -1.65. The highest BCUT2D eigenvalue weighted by Crippen LogP contribution is 2.22. The maximum atomic E-state index is 11.7. The number of hydrogen-bond acceptors (Lipinski definition) is 3. The molecule has 0 fully saturated rings. The summed E-state index contributed by atoms with van der Waals surface area (Å²) < 4.78 is 4.97. The fourth-order valence-electron chi connectivity index (χ4n) is 1.12. The van der Waals surface area contributed by atoms with Crippen LogP contribution in [0.4, 0.5) is 0 Å². The van der Waals surface area contributed by atoms with Crippen LogP contribution >= 0.6 is 11.6 Å². The Labute approximate surface area is 103 Å². The second-order valence-corrected chi connectivity index (χ2v) is 3.52. The largest absolute Gasteiger partial charge is 0.496 e. The third-order valence-corrected chi connectivity index (χ3v) is 2.16. The minimum Gasteiger partial charge on any atom is -0.496 e. The van der Waals surface area contributed by atoms with E-state index in [0.29, 0.717) is 10.8 Å². The average molecular weight is 256 g/mol. The molecule has 0 aliphatic carbocycles. The fourth-order valence-corrected chi connectivity index (χ4v) is 1.29. The van der Waals surface area contributed by atoms with Gasteiger partial charge in [0.25, 0.3) is 5.91 Å². The van der Waals surface area contributed by atoms with E-state index in [1.54, 1.807) is 6.07 Å². The average Bonchev–Trinajstić information content (AvgIpc) is 2.28. The highest BCUT2D eigenvalue weighted by atomic mass is 35.5. The molecule has 0 saturated heterocycles. The molecular weight excluding hydrogens is 246 g/mol. The number of carboxylic acid groups (broad SMARTS) is 1. The highest BCUT2D eigenvalue weighted by Gasteiger charge is 2.15. The van der Waals surface area contributed by atoms with Gasteiger partial charge in [-0.25, -0.2) is 4.79 Å². The number of methoxy groups -OCH3 is 1. The van der Waals surface area contributed by atoms with Crippen molar-refractivity contribution in [3.8, 4) is 5.75 Å². The Balaban J connectivity index is 2.99. The molecule has 5 nitrogen and oxygen atoms in total. The molecule has 0 spiro atoms. The maximum absolute atomic E-state index is 11.7. The summed E-state index contributed by atoms with van der Waals surface area (Å²) in [7, 11) is 1.39. The molecule has 2 N–H and O–H groups in total. The first-order chi connectivity index (χ1) is 7.95. The predicted octanol–water partition coefficient (Wildman–Crippen LogP) is 1.68. The summed E-state index contributed by atoms with van der Waals surface area (Å²) in [6, 6.07) is 4.45. The van der Waals surface area contributed by atoms with Crippen molar-refractivity contribution >= 4 is 23.5 Å². The van der Waals surface area contributed by atoms with Gasteiger partial charge in [-0.1, -0.05) is 18.2 Å². The third-order valence-electron chi connectivity index (χ3n) is 1.93. The number of ether oxygens (including phenoxy) is 1. The van der Waals surface area contributed by atoms with Crippen molar-refractivity contribution in [2.75, 3.05) is 7.11 Å². The van der Waals surface area contributed by atoms with Gasteiger partial charge in [-0.05, 0) is 18.2 Å². The van der Waals surface area contributed by atoms with Crippen molar-refractivity contribution < 1.29 is 19.4 Å². The van der Waals surface area contributed by atoms with E-state index in [4.69, 9.17) is 21.4 Å². The lowest BCUT2D eigenvalue weighted by molar-refractivity contribution is -0.132. The molecule has 1 aromatic rings. The minimum atomic E-state index is -1.31. The number of carbonyl (C=O) groups excluding carboxylic acids is 1. The van der Waals surface area contributed by atoms with Crippen molar-refractivity contribution in [3.63, 3.8) is 0 Å². The molecule has 0 radical (unpaired) electrons. The molecule has 0 saturated carbocycles. The number of halogens is 1. The Bertz CT molecular complexity index is 484. The molecule has 1 amide bonds. The van der Waals surface area contributed by atoms with Crippen molar-refractivity contribution in [1.29, 1.82) is 0 Å². The zero-order valence-electron chi connectivity index (χ0n) is 8.99. The van der Waals surface area contributed by atoms with E-state index in [-0.39, 0.29) is 5.56 Å². The van der Waals surface area contributed by atoms with E-state index in [0.717, 1.165) is 0 Å². The fraction of sp³-hybridized carbons (Fsp3) is 0.0909. The Morgan fingerprint density at radius 3 is 2.65 bits per heavy atom. The Kier molecular flexibility index (Phi) is 4.12. The molecule has 1 rings (SSSR count). The molecule has 0 heterocycles. The van der Waals surface area contributed by atoms with Gasteiger partial charge < -0.3 is 15.2 Å². The molecule has 0 unspecified atom stereocenters. The molecule has 0 aliphatic heterocycles. The van der Waals surface area contributed by atoms with Gasteiger partial charge in [0.1, 0.15) is 11.4 Å². The molecule has 90 valence electrons. The number of rotatable bonds is 4. The molecule has 17 heavy (non-hydrogen) atoms. The SMILES string of the molecule is C=C(NC(=O)c1cc(Cl)ccc1OC)C(=O)O. The number of amides is 1. The van der Waals surface area contributed by atoms with Crippen LogP contribution in [-0.4, -0.2) is 24.1 Å². The Hall–Kier alpha value is -2.01. The van der Waals surface area contributed by atoms with E-state index in [1.807, 2.05) is 0 Å². The van der Waals surface area contributed by atoms with Gasteiger partial charge in [0.15, 0.2) is 0 Å². The molecular formula is C11H10ClNO4. The predicted molar refractivity (Wildman–Crippen MR) is 62.2 cm³/mol. The number of carbonyl (C=O) groups is 2. The number of benzene rings is 1. The lowest BCUT2D eigenvalue weighted by atomic mass is 10.2. The van der Waals surface area contributed by atoms with Crippen LogP contribution in [0.3, 0.4) is 0 Å². The van der Waals surface area contributed by atoms with Crippen LogP contribution in [0.5, 0.6) is 5.75 Å². The monoisotopic (exact) mass is 255 g/mol. The van der Waals surface area contributed by atoms with Crippen molar-refractivity contribution in [2.45, 2.75) is 0 Å². The van der Waals surface area contributed by atoms with E-state index < -0.39 is 17.6 Å². The highest BCUT2D eigenvalue weighted by molar-refractivity contribution is 6.31. The van der Waals surface area contributed by atoms with Gasteiger partial charge >= 0.3 is 5.97 Å². The van der Waals surface area contributed by atoms with E-state index in [9.17, 15) is 9.59 Å². The van der Waals surface area contributed by atoms with Gasteiger partial charge in [-0.2, -0.15) is 0 Å². The van der Waals surface area contributed by atoms with Gasteiger partial charge in [0.05, 0.1) is 12.7 Å². The molecule has 0 aliphatic rings. The Morgan fingerprint density at radius 1 is 1.47 bits per heavy atom. The molecule has 1 aromatic carbocycles. The first kappa shape index (κ1) is 13.1. The Morgan fingerprint density at radius 2 is 2.12 bits per heavy atom. The summed E-state index contributed by atoms with van der Waals surface area (Å²) in [6.45, 7) is 3.19. The first-order valence-corrected chi connectivity index (χ1v) is 4.90. The van der Waals surface area contributed by atoms with Crippen LogP contribution in [0, 0.1) is 0 Å². The standard InChI is InChI=1S/C11H10ClNO4/c1-6(11(15)16)13-10(14)8-5-7(12)3-4-9(8)17-2/h3-5H,1H2,2H3,(H,13,14)(H,15,16). The second kappa shape index (κ2) is 5.36. The summed E-state index contributed by atoms with van der Waals surface area (Å²) in [5, 5.41) is 11.1. The van der Waals surface area contributed by atoms with Crippen LogP contribution in [0.25, 0.3) is 0 Å². The number of carboxylic acids is 1. The zero-order chi connectivity index (χ0) is 13.0. The van der Waals surface area contributed by atoms with Crippen LogP contribution in [0.15, 0.2) is 30.5 Å². The molecule has 0 atom stereocenters. The van der Waals surface area contributed by atoms with E-state index in [2.05, 4.69) is 11.9 Å². The molecule has 0 aromatic heterocycles. The van der Waals surface area contributed by atoms with Crippen LogP contribution in [0.2, 0.25) is 5.02 Å². The summed E-state index contributed by atoms with van der Waals surface area (Å²) in [5.41, 5.74) is -0.278. The summed E-state index contributed by atoms with van der Waals surface area (Å²) in [4.78, 5) is 22.2. The third kappa shape index (κ3) is 3.22. The van der Waals surface area contributed by atoms with E-state index in [1.165, 1.54) is 19.2 Å². The van der Waals surface area contributed by atoms with Crippen LogP contribution in [0.1, 0.15) is 10.4 Å². The van der Waals surface area contributed by atoms with Crippen LogP contribution < -0.4 is 10.1 Å². The van der Waals surface area contributed by atoms with Crippen molar-refractivity contribution in [3.05, 3.63) is 41.1 Å². The van der Waals surface area contributed by atoms with Crippen molar-refractivity contribution in [1.82, 2.24) is 5.32 Å². The number of aliphatic carboxylic acids is 1. The van der Waals surface area contributed by atoms with Gasteiger partial charge in [-0.3, -0.25) is 4.79 Å². The second-order valence-electron chi connectivity index (χ2n) is 3.08. The zero-order valence-corrected chi connectivity index (χ0v) is 9.75. The lowest BCUT2D eigenvalue weighted by Gasteiger charge is -2.09. The normalized spacial score (nSPS) is 9.53. The van der Waals surface area contributed by atoms with Crippen LogP contribution in [-0.2, 0) is 4.79 Å². The number of nitrogens with one attached hydrogen (secondary N) is 1. The first-order valence-electron chi connectivity index (χ1n) is 4.52. The van der Waals surface area contributed by atoms with E-state index >= 15 is 0 Å². The molecule has 0 bridgehead atoms.